The van der Waals surface area contributed by atoms with Gasteiger partial charge < -0.3 is 14.8 Å². The average molecular weight is 579 g/mol. The van der Waals surface area contributed by atoms with Crippen LogP contribution in [0.2, 0.25) is 0 Å². The summed E-state index contributed by atoms with van der Waals surface area (Å²) in [4.78, 5) is 45.7. The van der Waals surface area contributed by atoms with Crippen molar-refractivity contribution in [1.29, 1.82) is 5.26 Å². The van der Waals surface area contributed by atoms with Gasteiger partial charge in [-0.2, -0.15) is 10.4 Å². The molecule has 3 atom stereocenters. The summed E-state index contributed by atoms with van der Waals surface area (Å²) < 4.78 is 42.4. The number of amides is 3. The zero-order valence-electron chi connectivity index (χ0n) is 23.2. The minimum Gasteiger partial charge on any atom is -0.348 e. The van der Waals surface area contributed by atoms with Crippen LogP contribution < -0.4 is 5.43 Å². The number of hydrogen-bond acceptors (Lipinski definition) is 5. The molecule has 3 heterocycles. The second-order valence-electron chi connectivity index (χ2n) is 11.3. The van der Waals surface area contributed by atoms with Gasteiger partial charge in [-0.05, 0) is 30.4 Å². The van der Waals surface area contributed by atoms with Gasteiger partial charge in [0.2, 0.25) is 11.8 Å². The maximum absolute atomic E-state index is 14.3. The van der Waals surface area contributed by atoms with Crippen molar-refractivity contribution in [3.63, 3.8) is 0 Å². The van der Waals surface area contributed by atoms with E-state index in [1.54, 1.807) is 0 Å². The SMILES string of the molecule is CC(C)C[C@@H](C(=O)N1C[C@]2(CC(c3ccccc3)=NNC2=O)C[C@H]1C#N)N(C)C(=O)c1cc2c(F)cc(F)c(F)c2[nH]1. The van der Waals surface area contributed by atoms with Gasteiger partial charge in [-0.15, -0.1) is 0 Å². The normalized spacial score (nSPS) is 20.9. The van der Waals surface area contributed by atoms with E-state index in [1.165, 1.54) is 11.9 Å². The van der Waals surface area contributed by atoms with Crippen LogP contribution in [0, 0.1) is 40.1 Å². The van der Waals surface area contributed by atoms with Crippen LogP contribution in [0.1, 0.15) is 49.2 Å². The van der Waals surface area contributed by atoms with E-state index in [1.807, 2.05) is 44.2 Å². The summed E-state index contributed by atoms with van der Waals surface area (Å²) in [5.41, 5.74) is 2.17. The van der Waals surface area contributed by atoms with Gasteiger partial charge in [0.25, 0.3) is 5.91 Å². The minimum absolute atomic E-state index is 0.0551. The van der Waals surface area contributed by atoms with Crippen molar-refractivity contribution in [1.82, 2.24) is 20.2 Å². The molecule has 3 amide bonds. The van der Waals surface area contributed by atoms with Crippen molar-refractivity contribution in [3.8, 4) is 6.07 Å². The van der Waals surface area contributed by atoms with Crippen LogP contribution in [0.3, 0.4) is 0 Å². The molecule has 2 aromatic carbocycles. The van der Waals surface area contributed by atoms with Crippen molar-refractivity contribution in [2.75, 3.05) is 13.6 Å². The number of likely N-dealkylation sites (N-methyl/N-ethyl adjacent to an activating group) is 1. The van der Waals surface area contributed by atoms with E-state index in [4.69, 9.17) is 0 Å². The number of fused-ring (bicyclic) bond motifs is 1. The largest absolute Gasteiger partial charge is 0.348 e. The minimum atomic E-state index is -1.40. The Morgan fingerprint density at radius 3 is 2.57 bits per heavy atom. The number of carbonyl (C=O) groups is 3. The Balaban J connectivity index is 1.44. The van der Waals surface area contributed by atoms with Gasteiger partial charge >= 0.3 is 0 Å². The molecule has 0 saturated carbocycles. The summed E-state index contributed by atoms with van der Waals surface area (Å²) in [6, 6.07) is 10.9. The molecule has 1 fully saturated rings. The average Bonchev–Trinajstić information content (AvgIpc) is 3.59. The molecule has 9 nitrogen and oxygen atoms in total. The molecule has 3 aromatic rings. The van der Waals surface area contributed by atoms with Crippen molar-refractivity contribution in [3.05, 3.63) is 71.2 Å². The van der Waals surface area contributed by atoms with Crippen LogP contribution in [0.4, 0.5) is 13.2 Å². The quantitative estimate of drug-likeness (QED) is 0.428. The zero-order valence-corrected chi connectivity index (χ0v) is 23.2. The number of halogens is 3. The maximum atomic E-state index is 14.3. The summed E-state index contributed by atoms with van der Waals surface area (Å²) in [6.45, 7) is 3.67. The molecule has 0 aliphatic carbocycles. The van der Waals surface area contributed by atoms with Gasteiger partial charge in [0.1, 0.15) is 23.6 Å². The van der Waals surface area contributed by atoms with Crippen LogP contribution in [-0.2, 0) is 9.59 Å². The molecule has 1 spiro atoms. The smallest absolute Gasteiger partial charge is 0.270 e. The van der Waals surface area contributed by atoms with E-state index < -0.39 is 58.2 Å². The summed E-state index contributed by atoms with van der Waals surface area (Å²) in [7, 11) is 1.38. The second-order valence-corrected chi connectivity index (χ2v) is 11.3. The van der Waals surface area contributed by atoms with Gasteiger partial charge in [0.05, 0.1) is 22.7 Å². The van der Waals surface area contributed by atoms with Crippen molar-refractivity contribution in [2.24, 2.45) is 16.4 Å². The zero-order chi connectivity index (χ0) is 30.3. The lowest BCUT2D eigenvalue weighted by Crippen LogP contribution is -2.52. The third kappa shape index (κ3) is 5.00. The summed E-state index contributed by atoms with van der Waals surface area (Å²) in [5, 5.41) is 13.9. The Labute approximate surface area is 240 Å². The second kappa shape index (κ2) is 11.0. The first kappa shape index (κ1) is 28.9. The highest BCUT2D eigenvalue weighted by molar-refractivity contribution is 6.06. The molecule has 0 unspecified atom stereocenters. The van der Waals surface area contributed by atoms with Gasteiger partial charge in [0.15, 0.2) is 11.6 Å². The van der Waals surface area contributed by atoms with E-state index >= 15 is 0 Å². The number of nitrogens with zero attached hydrogens (tertiary/aromatic N) is 4. The molecular formula is C30H29F3N6O3. The highest BCUT2D eigenvalue weighted by Crippen LogP contribution is 2.41. The highest BCUT2D eigenvalue weighted by Gasteiger charge is 2.54. The molecule has 12 heteroatoms. The molecule has 1 saturated heterocycles. The third-order valence-electron chi connectivity index (χ3n) is 8.01. The summed E-state index contributed by atoms with van der Waals surface area (Å²) >= 11 is 0. The van der Waals surface area contributed by atoms with E-state index in [0.29, 0.717) is 11.8 Å². The summed E-state index contributed by atoms with van der Waals surface area (Å²) in [6.07, 6.45) is 0.519. The number of nitrogens with one attached hydrogen (secondary N) is 2. The lowest BCUT2D eigenvalue weighted by Gasteiger charge is -2.34. The number of H-pyrrole nitrogens is 1. The Bertz CT molecular complexity index is 1650. The molecule has 2 N–H and O–H groups in total. The standard InChI is InChI=1S/C30H29F3N6O3/c1-16(2)9-24(38(3)27(40)22-10-19-20(31)11-21(32)25(33)26(19)35-22)28(41)39-15-30(12-18(39)14-34)13-23(36-37-29(30)42)17-7-5-4-6-8-17/h4-8,10-11,16,18,24,35H,9,12-13,15H2,1-3H3,(H,37,42)/t18-,24-,30+/m0/s1. The maximum Gasteiger partial charge on any atom is 0.270 e. The highest BCUT2D eigenvalue weighted by atomic mass is 19.2. The van der Waals surface area contributed by atoms with E-state index in [9.17, 15) is 32.8 Å². The van der Waals surface area contributed by atoms with Crippen LogP contribution >= 0.6 is 0 Å². The van der Waals surface area contributed by atoms with E-state index in [2.05, 4.69) is 21.6 Å². The van der Waals surface area contributed by atoms with Crippen molar-refractivity contribution >= 4 is 34.3 Å². The Morgan fingerprint density at radius 1 is 1.19 bits per heavy atom. The Hall–Kier alpha value is -4.66. The number of hydrazone groups is 1. The number of aromatic nitrogens is 1. The van der Waals surface area contributed by atoms with Gasteiger partial charge in [-0.3, -0.25) is 14.4 Å². The number of nitriles is 1. The van der Waals surface area contributed by atoms with Crippen LogP contribution in [0.5, 0.6) is 0 Å². The molecular weight excluding hydrogens is 549 g/mol. The molecule has 1 aromatic heterocycles. The first-order valence-electron chi connectivity index (χ1n) is 13.5. The van der Waals surface area contributed by atoms with Crippen LogP contribution in [-0.4, -0.2) is 63.9 Å². The topological polar surface area (TPSA) is 122 Å². The van der Waals surface area contributed by atoms with Crippen molar-refractivity contribution in [2.45, 2.75) is 45.2 Å². The lowest BCUT2D eigenvalue weighted by molar-refractivity contribution is -0.137. The predicted octanol–water partition coefficient (Wildman–Crippen LogP) is 4.11. The van der Waals surface area contributed by atoms with Crippen LogP contribution in [0.25, 0.3) is 10.9 Å². The number of aromatic amines is 1. The lowest BCUT2D eigenvalue weighted by atomic mass is 9.77. The first-order chi connectivity index (χ1) is 20.0. The van der Waals surface area contributed by atoms with E-state index in [-0.39, 0.29) is 42.8 Å². The first-order valence-corrected chi connectivity index (χ1v) is 13.5. The van der Waals surface area contributed by atoms with Gasteiger partial charge in [-0.25, -0.2) is 18.6 Å². The van der Waals surface area contributed by atoms with E-state index in [0.717, 1.165) is 16.5 Å². The number of carbonyl (C=O) groups excluding carboxylic acids is 3. The molecule has 2 aliphatic heterocycles. The van der Waals surface area contributed by atoms with Crippen molar-refractivity contribution < 1.29 is 27.6 Å². The number of likely N-dealkylation sites (tertiary alicyclic amines) is 1. The molecule has 0 radical (unpaired) electrons. The molecule has 5 rings (SSSR count). The number of rotatable bonds is 6. The predicted molar refractivity (Wildman–Crippen MR) is 147 cm³/mol. The monoisotopic (exact) mass is 578 g/mol. The Kier molecular flexibility index (Phi) is 7.53. The molecule has 0 bridgehead atoms. The summed E-state index contributed by atoms with van der Waals surface area (Å²) in [5.74, 6) is -5.50. The fraction of sp³-hybridized carbons (Fsp3) is 0.367. The molecule has 2 aliphatic rings. The van der Waals surface area contributed by atoms with Crippen LogP contribution in [0.15, 0.2) is 47.6 Å². The number of hydrogen-bond donors (Lipinski definition) is 2. The fourth-order valence-corrected chi connectivity index (χ4v) is 5.79. The third-order valence-corrected chi connectivity index (χ3v) is 8.01. The van der Waals surface area contributed by atoms with Gasteiger partial charge in [-0.1, -0.05) is 44.2 Å². The Morgan fingerprint density at radius 2 is 1.90 bits per heavy atom. The molecule has 42 heavy (non-hydrogen) atoms. The molecule has 218 valence electrons. The fourth-order valence-electron chi connectivity index (χ4n) is 5.79. The number of benzene rings is 2. The van der Waals surface area contributed by atoms with Gasteiger partial charge in [0, 0.05) is 31.5 Å².